The molecule has 1 atom stereocenters. The lowest BCUT2D eigenvalue weighted by Gasteiger charge is -2.41. The Morgan fingerprint density at radius 2 is 2.10 bits per heavy atom. The Kier molecular flexibility index (Phi) is 3.68. The molecule has 1 fully saturated rings. The second-order valence-electron chi connectivity index (χ2n) is 7.23. The second-order valence-corrected chi connectivity index (χ2v) is 7.23. The molecule has 114 valence electrons. The van der Waals surface area contributed by atoms with Crippen LogP contribution in [0.1, 0.15) is 51.5 Å². The third-order valence-electron chi connectivity index (χ3n) is 5.36. The van der Waals surface area contributed by atoms with Gasteiger partial charge in [0.25, 0.3) is 0 Å². The van der Waals surface area contributed by atoms with Crippen LogP contribution in [0.25, 0.3) is 0 Å². The summed E-state index contributed by atoms with van der Waals surface area (Å²) in [5.41, 5.74) is 9.25. The van der Waals surface area contributed by atoms with Crippen molar-refractivity contribution in [3.8, 4) is 0 Å². The van der Waals surface area contributed by atoms with Gasteiger partial charge in [-0.25, -0.2) is 0 Å². The molecule has 1 saturated carbocycles. The number of nitrogens with zero attached hydrogens (tertiary/aromatic N) is 1. The van der Waals surface area contributed by atoms with Crippen LogP contribution in [-0.2, 0) is 11.2 Å². The number of rotatable bonds is 1. The lowest BCUT2D eigenvalue weighted by atomic mass is 9.68. The van der Waals surface area contributed by atoms with Gasteiger partial charge in [-0.2, -0.15) is 0 Å². The summed E-state index contributed by atoms with van der Waals surface area (Å²) in [7, 11) is 0. The molecule has 0 spiro atoms. The van der Waals surface area contributed by atoms with Crippen molar-refractivity contribution in [1.82, 2.24) is 0 Å². The molecule has 2 N–H and O–H groups in total. The molecule has 1 amide bonds. The topological polar surface area (TPSA) is 46.3 Å². The first-order valence-electron chi connectivity index (χ1n) is 8.19. The third-order valence-corrected chi connectivity index (χ3v) is 5.36. The van der Waals surface area contributed by atoms with Crippen molar-refractivity contribution in [3.63, 3.8) is 0 Å². The summed E-state index contributed by atoms with van der Waals surface area (Å²) in [4.78, 5) is 15.1. The van der Waals surface area contributed by atoms with Gasteiger partial charge >= 0.3 is 0 Å². The first-order chi connectivity index (χ1) is 10.0. The maximum absolute atomic E-state index is 13.1. The number of carbonyl (C=O) groups is 1. The van der Waals surface area contributed by atoms with E-state index in [4.69, 9.17) is 5.73 Å². The van der Waals surface area contributed by atoms with Gasteiger partial charge < -0.3 is 10.6 Å². The molecule has 1 aliphatic carbocycles. The van der Waals surface area contributed by atoms with Crippen molar-refractivity contribution in [1.29, 1.82) is 0 Å². The Hall–Kier alpha value is -1.51. The van der Waals surface area contributed by atoms with Crippen LogP contribution < -0.4 is 10.6 Å². The normalized spacial score (nSPS) is 24.5. The molecule has 0 radical (unpaired) electrons. The van der Waals surface area contributed by atoms with E-state index < -0.39 is 0 Å². The molecular weight excluding hydrogens is 260 g/mol. The van der Waals surface area contributed by atoms with E-state index in [1.165, 1.54) is 12.8 Å². The van der Waals surface area contributed by atoms with Gasteiger partial charge in [0, 0.05) is 23.8 Å². The van der Waals surface area contributed by atoms with Gasteiger partial charge in [0.05, 0.1) is 0 Å². The number of amides is 1. The third kappa shape index (κ3) is 2.54. The average Bonchev–Trinajstić information content (AvgIpc) is 2.46. The van der Waals surface area contributed by atoms with Gasteiger partial charge in [-0.15, -0.1) is 0 Å². The number of benzene rings is 1. The first kappa shape index (κ1) is 14.4. The molecule has 2 aliphatic rings. The van der Waals surface area contributed by atoms with E-state index in [1.54, 1.807) is 0 Å². The van der Waals surface area contributed by atoms with E-state index in [-0.39, 0.29) is 11.3 Å². The zero-order valence-corrected chi connectivity index (χ0v) is 13.2. The van der Waals surface area contributed by atoms with Crippen LogP contribution in [0.2, 0.25) is 0 Å². The van der Waals surface area contributed by atoms with Gasteiger partial charge in [-0.05, 0) is 48.8 Å². The number of hydrogen-bond donors (Lipinski definition) is 1. The highest BCUT2D eigenvalue weighted by Gasteiger charge is 2.40. The summed E-state index contributed by atoms with van der Waals surface area (Å²) in [6.07, 6.45) is 6.61. The number of carbonyl (C=O) groups excluding carboxylic acids is 1. The number of hydrogen-bond acceptors (Lipinski definition) is 2. The van der Waals surface area contributed by atoms with Crippen molar-refractivity contribution in [2.45, 2.75) is 52.4 Å². The molecule has 3 heteroatoms. The fourth-order valence-electron chi connectivity index (χ4n) is 4.02. The Labute approximate surface area is 127 Å². The van der Waals surface area contributed by atoms with E-state index >= 15 is 0 Å². The van der Waals surface area contributed by atoms with Crippen LogP contribution in [0.15, 0.2) is 18.2 Å². The van der Waals surface area contributed by atoms with E-state index in [0.29, 0.717) is 5.91 Å². The molecule has 0 bridgehead atoms. The standard InChI is InChI=1S/C18H26N2O/c1-18(2)11-4-3-8-14(18)17(21)20-12-6-7-13-15(19)9-5-10-16(13)20/h5,9-10,14H,3-4,6-8,11-12,19H2,1-2H3. The van der Waals surface area contributed by atoms with E-state index in [1.807, 2.05) is 17.0 Å². The van der Waals surface area contributed by atoms with Crippen LogP contribution in [0.5, 0.6) is 0 Å². The molecule has 1 aromatic carbocycles. The van der Waals surface area contributed by atoms with Crippen molar-refractivity contribution in [2.75, 3.05) is 17.2 Å². The van der Waals surface area contributed by atoms with Crippen LogP contribution in [0.4, 0.5) is 11.4 Å². The Morgan fingerprint density at radius 3 is 2.86 bits per heavy atom. The maximum Gasteiger partial charge on any atom is 0.230 e. The lowest BCUT2D eigenvalue weighted by molar-refractivity contribution is -0.127. The number of nitrogen functional groups attached to an aromatic ring is 1. The van der Waals surface area contributed by atoms with E-state index in [9.17, 15) is 4.79 Å². The Morgan fingerprint density at radius 1 is 1.29 bits per heavy atom. The molecule has 0 aromatic heterocycles. The summed E-state index contributed by atoms with van der Waals surface area (Å²) >= 11 is 0. The number of fused-ring (bicyclic) bond motifs is 1. The average molecular weight is 286 g/mol. The minimum atomic E-state index is 0.118. The summed E-state index contributed by atoms with van der Waals surface area (Å²) in [5.74, 6) is 0.463. The summed E-state index contributed by atoms with van der Waals surface area (Å²) in [5, 5.41) is 0. The number of nitrogens with two attached hydrogens (primary N) is 1. The Balaban J connectivity index is 1.92. The molecule has 1 heterocycles. The lowest BCUT2D eigenvalue weighted by Crippen LogP contribution is -2.45. The SMILES string of the molecule is CC1(C)CCCCC1C(=O)N1CCCc2c(N)cccc21. The van der Waals surface area contributed by atoms with Gasteiger partial charge in [0.1, 0.15) is 0 Å². The predicted octanol–water partition coefficient (Wildman–Crippen LogP) is 3.76. The van der Waals surface area contributed by atoms with Crippen LogP contribution >= 0.6 is 0 Å². The zero-order valence-electron chi connectivity index (χ0n) is 13.2. The van der Waals surface area contributed by atoms with Crippen molar-refractivity contribution < 1.29 is 4.79 Å². The quantitative estimate of drug-likeness (QED) is 0.799. The number of anilines is 2. The van der Waals surface area contributed by atoms with Crippen LogP contribution in [0, 0.1) is 11.3 Å². The fourth-order valence-corrected chi connectivity index (χ4v) is 4.02. The largest absolute Gasteiger partial charge is 0.398 e. The monoisotopic (exact) mass is 286 g/mol. The van der Waals surface area contributed by atoms with Crippen molar-refractivity contribution >= 4 is 17.3 Å². The van der Waals surface area contributed by atoms with Crippen LogP contribution in [0.3, 0.4) is 0 Å². The summed E-state index contributed by atoms with van der Waals surface area (Å²) < 4.78 is 0. The minimum Gasteiger partial charge on any atom is -0.398 e. The van der Waals surface area contributed by atoms with Crippen molar-refractivity contribution in [2.24, 2.45) is 11.3 Å². The highest BCUT2D eigenvalue weighted by Crippen LogP contribution is 2.43. The van der Waals surface area contributed by atoms with E-state index in [2.05, 4.69) is 19.9 Å². The van der Waals surface area contributed by atoms with Gasteiger partial charge in [-0.1, -0.05) is 32.8 Å². The summed E-state index contributed by atoms with van der Waals surface area (Å²) in [6, 6.07) is 5.96. The van der Waals surface area contributed by atoms with Crippen LogP contribution in [-0.4, -0.2) is 12.5 Å². The molecular formula is C18H26N2O. The molecule has 1 aliphatic heterocycles. The molecule has 0 saturated heterocycles. The van der Waals surface area contributed by atoms with Crippen molar-refractivity contribution in [3.05, 3.63) is 23.8 Å². The molecule has 21 heavy (non-hydrogen) atoms. The highest BCUT2D eigenvalue weighted by molar-refractivity contribution is 5.97. The van der Waals surface area contributed by atoms with Gasteiger partial charge in [-0.3, -0.25) is 4.79 Å². The highest BCUT2D eigenvalue weighted by atomic mass is 16.2. The second kappa shape index (κ2) is 5.36. The van der Waals surface area contributed by atoms with Gasteiger partial charge in [0.15, 0.2) is 0 Å². The molecule has 3 rings (SSSR count). The first-order valence-corrected chi connectivity index (χ1v) is 8.19. The summed E-state index contributed by atoms with van der Waals surface area (Å²) in [6.45, 7) is 5.33. The predicted molar refractivity (Wildman–Crippen MR) is 87.3 cm³/mol. The zero-order chi connectivity index (χ0) is 15.0. The Bertz CT molecular complexity index is 550. The molecule has 1 aromatic rings. The fraction of sp³-hybridized carbons (Fsp3) is 0.611. The van der Waals surface area contributed by atoms with Gasteiger partial charge in [0.2, 0.25) is 5.91 Å². The smallest absolute Gasteiger partial charge is 0.230 e. The molecule has 3 nitrogen and oxygen atoms in total. The minimum absolute atomic E-state index is 0.118. The van der Waals surface area contributed by atoms with E-state index in [0.717, 1.165) is 49.2 Å². The maximum atomic E-state index is 13.1. The molecule has 1 unspecified atom stereocenters.